The lowest BCUT2D eigenvalue weighted by atomic mass is 10.1. The molecule has 1 aliphatic heterocycles. The Morgan fingerprint density at radius 3 is 2.24 bits per heavy atom. The second kappa shape index (κ2) is 16.8. The van der Waals surface area contributed by atoms with Gasteiger partial charge in [-0.1, -0.05) is 30.3 Å². The monoisotopic (exact) mass is 670 g/mol. The number of piperazine rings is 1. The Hall–Kier alpha value is -5.07. The van der Waals surface area contributed by atoms with E-state index in [2.05, 4.69) is 27.1 Å². The second-order valence-electron chi connectivity index (χ2n) is 11.7. The summed E-state index contributed by atoms with van der Waals surface area (Å²) in [6, 6.07) is 18.2. The molecule has 1 aliphatic rings. The van der Waals surface area contributed by atoms with Crippen molar-refractivity contribution in [2.45, 2.75) is 27.2 Å². The first kappa shape index (κ1) is 35.2. The number of rotatable bonds is 14. The highest BCUT2D eigenvalue weighted by atomic mass is 16.6. The van der Waals surface area contributed by atoms with Crippen LogP contribution < -0.4 is 33.9 Å². The summed E-state index contributed by atoms with van der Waals surface area (Å²) in [4.78, 5) is 29.3. The Morgan fingerprint density at radius 1 is 0.878 bits per heavy atom. The van der Waals surface area contributed by atoms with Crippen LogP contribution in [0.1, 0.15) is 24.5 Å². The number of anilines is 4. The number of methoxy groups -OCH3 is 2. The van der Waals surface area contributed by atoms with Crippen LogP contribution in [0.3, 0.4) is 0 Å². The normalized spacial score (nSPS) is 13.4. The van der Waals surface area contributed by atoms with E-state index in [1.54, 1.807) is 50.7 Å². The van der Waals surface area contributed by atoms with Crippen molar-refractivity contribution in [2.24, 2.45) is 0 Å². The SMILES string of the molecule is CCOc1ccccc1N(C(=O)Oc1c(C)cccc1C)c1ccnc(Nc2cc(OC)c(OCCCN3CCN(C)CC3)c(OC)c2)n1. The lowest BCUT2D eigenvalue weighted by Gasteiger charge is -2.32. The van der Waals surface area contributed by atoms with Crippen molar-refractivity contribution in [3.63, 3.8) is 0 Å². The molecular weight excluding hydrogens is 624 g/mol. The molecule has 4 aromatic rings. The van der Waals surface area contributed by atoms with Gasteiger partial charge >= 0.3 is 6.09 Å². The summed E-state index contributed by atoms with van der Waals surface area (Å²) in [6.07, 6.45) is 1.80. The minimum absolute atomic E-state index is 0.237. The van der Waals surface area contributed by atoms with E-state index < -0.39 is 6.09 Å². The number of para-hydroxylation sites is 3. The van der Waals surface area contributed by atoms with Crippen molar-refractivity contribution >= 4 is 29.2 Å². The number of hydrogen-bond donors (Lipinski definition) is 1. The number of benzene rings is 3. The summed E-state index contributed by atoms with van der Waals surface area (Å²) in [5.74, 6) is 3.03. The molecule has 1 N–H and O–H groups in total. The standard InChI is InChI=1S/C37H46N6O6/c1-7-47-30-15-9-8-14-29(30)43(37(44)49-34-26(2)12-10-13-27(34)3)33-16-17-38-36(40-33)39-28-24-31(45-5)35(32(25-28)46-6)48-23-11-18-42-21-19-41(4)20-22-42/h8-10,12-17,24-25H,7,11,18-23H2,1-6H3,(H,38,39,40). The Morgan fingerprint density at radius 2 is 1.57 bits per heavy atom. The van der Waals surface area contributed by atoms with Gasteiger partial charge in [-0.3, -0.25) is 0 Å². The topological polar surface area (TPSA) is 111 Å². The van der Waals surface area contributed by atoms with Crippen LogP contribution in [0.2, 0.25) is 0 Å². The van der Waals surface area contributed by atoms with E-state index >= 15 is 0 Å². The smallest absolute Gasteiger partial charge is 0.425 e. The Labute approximate surface area is 288 Å². The predicted molar refractivity (Wildman–Crippen MR) is 191 cm³/mol. The summed E-state index contributed by atoms with van der Waals surface area (Å²) in [7, 11) is 5.33. The molecule has 0 saturated carbocycles. The van der Waals surface area contributed by atoms with Crippen LogP contribution in [0.4, 0.5) is 27.9 Å². The van der Waals surface area contributed by atoms with Gasteiger partial charge in [-0.2, -0.15) is 4.98 Å². The van der Waals surface area contributed by atoms with E-state index in [1.807, 2.05) is 51.1 Å². The van der Waals surface area contributed by atoms with Gasteiger partial charge in [0.05, 0.1) is 33.1 Å². The molecule has 1 saturated heterocycles. The van der Waals surface area contributed by atoms with Gasteiger partial charge in [0, 0.05) is 62.8 Å². The van der Waals surface area contributed by atoms with Crippen LogP contribution in [-0.4, -0.2) is 93.1 Å². The average molecular weight is 671 g/mol. The molecule has 0 aliphatic carbocycles. The summed E-state index contributed by atoms with van der Waals surface area (Å²) >= 11 is 0. The third kappa shape index (κ3) is 8.89. The van der Waals surface area contributed by atoms with Crippen LogP contribution in [0.15, 0.2) is 66.9 Å². The molecule has 1 fully saturated rings. The number of aromatic nitrogens is 2. The highest BCUT2D eigenvalue weighted by molar-refractivity contribution is 5.98. The molecule has 5 rings (SSSR count). The summed E-state index contributed by atoms with van der Waals surface area (Å²) < 4.78 is 29.5. The van der Waals surface area contributed by atoms with Gasteiger partial charge in [-0.05, 0) is 57.5 Å². The molecule has 1 aromatic heterocycles. The molecule has 0 spiro atoms. The zero-order valence-electron chi connectivity index (χ0n) is 29.2. The molecular formula is C37H46N6O6. The van der Waals surface area contributed by atoms with E-state index in [0.717, 1.165) is 50.3 Å². The first-order valence-corrected chi connectivity index (χ1v) is 16.5. The fourth-order valence-corrected chi connectivity index (χ4v) is 5.62. The third-order valence-electron chi connectivity index (χ3n) is 8.23. The van der Waals surface area contributed by atoms with Crippen molar-refractivity contribution in [1.29, 1.82) is 0 Å². The van der Waals surface area contributed by atoms with Crippen LogP contribution in [-0.2, 0) is 0 Å². The number of carbonyl (C=O) groups excluding carboxylic acids is 1. The van der Waals surface area contributed by atoms with Crippen molar-refractivity contribution in [3.8, 4) is 28.7 Å². The number of nitrogens with zero attached hydrogens (tertiary/aromatic N) is 5. The van der Waals surface area contributed by atoms with E-state index in [4.69, 9.17) is 28.7 Å². The van der Waals surface area contributed by atoms with Gasteiger partial charge in [0.2, 0.25) is 11.7 Å². The average Bonchev–Trinajstić information content (AvgIpc) is 3.10. The minimum Gasteiger partial charge on any atom is -0.493 e. The van der Waals surface area contributed by atoms with Crippen molar-refractivity contribution < 1.29 is 28.5 Å². The molecule has 49 heavy (non-hydrogen) atoms. The second-order valence-corrected chi connectivity index (χ2v) is 11.7. The van der Waals surface area contributed by atoms with E-state index in [9.17, 15) is 4.79 Å². The lowest BCUT2D eigenvalue weighted by molar-refractivity contribution is 0.144. The number of aryl methyl sites for hydroxylation is 2. The number of amides is 1. The minimum atomic E-state index is -0.647. The molecule has 3 aromatic carbocycles. The van der Waals surface area contributed by atoms with E-state index in [1.165, 1.54) is 4.90 Å². The predicted octanol–water partition coefficient (Wildman–Crippen LogP) is 6.61. The van der Waals surface area contributed by atoms with Crippen LogP contribution in [0.5, 0.6) is 28.7 Å². The maximum absolute atomic E-state index is 14.0. The number of hydrogen-bond acceptors (Lipinski definition) is 11. The van der Waals surface area contributed by atoms with Gasteiger partial charge in [0.1, 0.15) is 17.3 Å². The number of likely N-dealkylation sites (N-methyl/N-ethyl adjacent to an activating group) is 1. The zero-order chi connectivity index (χ0) is 34.8. The summed E-state index contributed by atoms with van der Waals surface area (Å²) in [6.45, 7) is 11.9. The van der Waals surface area contributed by atoms with Crippen LogP contribution in [0, 0.1) is 13.8 Å². The number of nitrogens with one attached hydrogen (secondary N) is 1. The summed E-state index contributed by atoms with van der Waals surface area (Å²) in [5, 5.41) is 3.23. The van der Waals surface area contributed by atoms with E-state index in [0.29, 0.717) is 53.3 Å². The molecule has 1 amide bonds. The van der Waals surface area contributed by atoms with Crippen molar-refractivity contribution in [2.75, 3.05) is 77.4 Å². The highest BCUT2D eigenvalue weighted by Gasteiger charge is 2.27. The molecule has 12 heteroatoms. The Kier molecular flexibility index (Phi) is 12.1. The van der Waals surface area contributed by atoms with E-state index in [-0.39, 0.29) is 11.8 Å². The summed E-state index contributed by atoms with van der Waals surface area (Å²) in [5.41, 5.74) is 2.75. The molecule has 0 radical (unpaired) electrons. The maximum Gasteiger partial charge on any atom is 0.425 e. The quantitative estimate of drug-likeness (QED) is 0.146. The molecule has 0 unspecified atom stereocenters. The fourth-order valence-electron chi connectivity index (χ4n) is 5.62. The fraction of sp³-hybridized carbons (Fsp3) is 0.378. The number of carbonyl (C=O) groups is 1. The third-order valence-corrected chi connectivity index (χ3v) is 8.23. The van der Waals surface area contributed by atoms with Gasteiger partial charge in [-0.15, -0.1) is 0 Å². The zero-order valence-corrected chi connectivity index (χ0v) is 29.2. The Balaban J connectivity index is 1.38. The lowest BCUT2D eigenvalue weighted by Crippen LogP contribution is -2.44. The van der Waals surface area contributed by atoms with Crippen LogP contribution >= 0.6 is 0 Å². The first-order chi connectivity index (χ1) is 23.8. The van der Waals surface area contributed by atoms with Gasteiger partial charge in [0.25, 0.3) is 0 Å². The van der Waals surface area contributed by atoms with Gasteiger partial charge < -0.3 is 38.8 Å². The van der Waals surface area contributed by atoms with Crippen molar-refractivity contribution in [3.05, 3.63) is 78.0 Å². The molecule has 0 atom stereocenters. The van der Waals surface area contributed by atoms with Gasteiger partial charge in [-0.25, -0.2) is 14.7 Å². The molecule has 260 valence electrons. The molecule has 0 bridgehead atoms. The van der Waals surface area contributed by atoms with Crippen LogP contribution in [0.25, 0.3) is 0 Å². The largest absolute Gasteiger partial charge is 0.493 e. The molecule has 2 heterocycles. The maximum atomic E-state index is 14.0. The molecule has 12 nitrogen and oxygen atoms in total. The highest BCUT2D eigenvalue weighted by Crippen LogP contribution is 2.41. The Bertz CT molecular complexity index is 1670. The first-order valence-electron chi connectivity index (χ1n) is 16.5. The van der Waals surface area contributed by atoms with Gasteiger partial charge in [0.15, 0.2) is 11.5 Å². The number of ether oxygens (including phenoxy) is 5. The van der Waals surface area contributed by atoms with Crippen molar-refractivity contribution in [1.82, 2.24) is 19.8 Å².